The minimum absolute atomic E-state index is 0.120. The molecule has 4 atom stereocenters. The molecule has 0 heterocycles. The van der Waals surface area contributed by atoms with Crippen LogP contribution in [0.25, 0.3) is 0 Å². The number of hydrogen-bond acceptors (Lipinski definition) is 3. The van der Waals surface area contributed by atoms with Crippen LogP contribution in [0.2, 0.25) is 0 Å². The predicted molar refractivity (Wildman–Crippen MR) is 147 cm³/mol. The molecule has 0 aromatic rings. The summed E-state index contributed by atoms with van der Waals surface area (Å²) in [5, 5.41) is 21.3. The van der Waals surface area contributed by atoms with Crippen LogP contribution >= 0.6 is 0 Å². The summed E-state index contributed by atoms with van der Waals surface area (Å²) in [6.45, 7) is 15.8. The van der Waals surface area contributed by atoms with Crippen molar-refractivity contribution in [2.75, 3.05) is 6.61 Å². The van der Waals surface area contributed by atoms with Crippen LogP contribution in [-0.4, -0.2) is 28.5 Å². The first-order valence-corrected chi connectivity index (χ1v) is 14.0. The van der Waals surface area contributed by atoms with Gasteiger partial charge in [-0.05, 0) is 88.9 Å². The van der Waals surface area contributed by atoms with Crippen LogP contribution in [0.4, 0.5) is 0 Å². The molecular formula is C31H55O3-. The quantitative estimate of drug-likeness (QED) is 0.119. The van der Waals surface area contributed by atoms with Gasteiger partial charge in [-0.25, -0.2) is 0 Å². The fourth-order valence-corrected chi connectivity index (χ4v) is 4.71. The molecule has 0 saturated heterocycles. The van der Waals surface area contributed by atoms with Crippen molar-refractivity contribution in [3.05, 3.63) is 41.1 Å². The molecule has 1 aliphatic carbocycles. The van der Waals surface area contributed by atoms with Gasteiger partial charge < -0.3 is 21.4 Å². The first-order chi connectivity index (χ1) is 16.1. The van der Waals surface area contributed by atoms with Gasteiger partial charge in [0.25, 0.3) is 0 Å². The smallest absolute Gasteiger partial charge is 0.121 e. The number of allylic oxidation sites excluding steroid dienone is 3. The molecule has 1 aliphatic rings. The third-order valence-electron chi connectivity index (χ3n) is 7.51. The Hall–Kier alpha value is -1.06. The van der Waals surface area contributed by atoms with Gasteiger partial charge in [0.15, 0.2) is 0 Å². The number of aliphatic hydroxyl groups is 2. The zero-order chi connectivity index (χ0) is 25.6. The maximum Gasteiger partial charge on any atom is 0.121 e. The highest BCUT2D eigenvalue weighted by atomic mass is 16.5. The summed E-state index contributed by atoms with van der Waals surface area (Å²) in [5.41, 5.74) is 3.24. The lowest BCUT2D eigenvalue weighted by atomic mass is 9.84. The van der Waals surface area contributed by atoms with Gasteiger partial charge in [-0.1, -0.05) is 58.1 Å². The number of rotatable bonds is 18. The van der Waals surface area contributed by atoms with E-state index in [-0.39, 0.29) is 5.92 Å². The van der Waals surface area contributed by atoms with E-state index >= 15 is 0 Å². The van der Waals surface area contributed by atoms with E-state index in [0.29, 0.717) is 5.92 Å². The second-order valence-corrected chi connectivity index (χ2v) is 11.1. The minimum atomic E-state index is -0.566. The molecule has 198 valence electrons. The summed E-state index contributed by atoms with van der Waals surface area (Å²) in [7, 11) is 0. The van der Waals surface area contributed by atoms with Crippen molar-refractivity contribution in [1.82, 2.24) is 0 Å². The topological polar surface area (TPSA) is 49.7 Å². The Labute approximate surface area is 211 Å². The lowest BCUT2D eigenvalue weighted by molar-refractivity contribution is 0.0365. The van der Waals surface area contributed by atoms with Crippen LogP contribution in [0.1, 0.15) is 126 Å². The van der Waals surface area contributed by atoms with Crippen LogP contribution in [0.5, 0.6) is 0 Å². The molecule has 0 saturated carbocycles. The number of aliphatic hydroxyl groups excluding tert-OH is 1. The first kappa shape index (κ1) is 31.0. The Morgan fingerprint density at radius 3 is 2.62 bits per heavy atom. The second-order valence-electron chi connectivity index (χ2n) is 11.1. The van der Waals surface area contributed by atoms with E-state index < -0.39 is 11.7 Å². The number of hydrogen-bond donors (Lipinski definition) is 2. The van der Waals surface area contributed by atoms with Crippen LogP contribution in [0.15, 0.2) is 34.6 Å². The summed E-state index contributed by atoms with van der Waals surface area (Å²) >= 11 is 0. The summed E-state index contributed by atoms with van der Waals surface area (Å²) in [5.74, 6) is 1.73. The molecular weight excluding hydrogens is 420 g/mol. The van der Waals surface area contributed by atoms with E-state index in [0.717, 1.165) is 89.4 Å². The van der Waals surface area contributed by atoms with Crippen molar-refractivity contribution in [2.45, 2.75) is 137 Å². The molecule has 0 amide bonds. The van der Waals surface area contributed by atoms with Crippen LogP contribution in [-0.2, 0) is 4.74 Å². The molecule has 4 unspecified atom stereocenters. The second kappa shape index (κ2) is 16.6. The number of ether oxygens (including phenoxy) is 1. The highest BCUT2D eigenvalue weighted by molar-refractivity contribution is 5.37. The van der Waals surface area contributed by atoms with E-state index in [1.807, 2.05) is 13.0 Å². The number of unbranched alkanes of at least 4 members (excludes halogenated alkanes) is 3. The van der Waals surface area contributed by atoms with Crippen molar-refractivity contribution in [3.8, 4) is 0 Å². The molecule has 0 radical (unpaired) electrons. The summed E-state index contributed by atoms with van der Waals surface area (Å²) in [6, 6.07) is 0. The monoisotopic (exact) mass is 475 g/mol. The van der Waals surface area contributed by atoms with Crippen molar-refractivity contribution >= 4 is 0 Å². The third-order valence-corrected chi connectivity index (χ3v) is 7.51. The van der Waals surface area contributed by atoms with Gasteiger partial charge in [0.1, 0.15) is 5.76 Å². The molecule has 1 rings (SSSR count). The Bertz CT molecular complexity index is 656. The fourth-order valence-electron chi connectivity index (χ4n) is 4.71. The Balaban J connectivity index is 2.42. The van der Waals surface area contributed by atoms with Crippen LogP contribution < -0.4 is 0 Å². The average molecular weight is 476 g/mol. The van der Waals surface area contributed by atoms with Gasteiger partial charge in [0.05, 0.1) is 18.3 Å². The maximum absolute atomic E-state index is 10.8. The van der Waals surface area contributed by atoms with Crippen LogP contribution in [0, 0.1) is 18.3 Å². The van der Waals surface area contributed by atoms with Gasteiger partial charge in [0.2, 0.25) is 0 Å². The van der Waals surface area contributed by atoms with E-state index in [9.17, 15) is 10.2 Å². The largest absolute Gasteiger partial charge is 0.493 e. The van der Waals surface area contributed by atoms with Crippen LogP contribution in [0.3, 0.4) is 0 Å². The highest BCUT2D eigenvalue weighted by Gasteiger charge is 2.26. The Morgan fingerprint density at radius 2 is 1.94 bits per heavy atom. The average Bonchev–Trinajstić information content (AvgIpc) is 2.77. The molecule has 0 aromatic heterocycles. The zero-order valence-electron chi connectivity index (χ0n) is 23.5. The first-order valence-electron chi connectivity index (χ1n) is 14.0. The normalized spacial score (nSPS) is 21.9. The van der Waals surface area contributed by atoms with Crippen molar-refractivity contribution in [3.63, 3.8) is 0 Å². The predicted octanol–water partition coefficient (Wildman–Crippen LogP) is 8.47. The molecule has 2 N–H and O–H groups in total. The van der Waals surface area contributed by atoms with E-state index in [4.69, 9.17) is 4.74 Å². The molecule has 0 bridgehead atoms. The zero-order valence-corrected chi connectivity index (χ0v) is 23.5. The molecule has 0 spiro atoms. The summed E-state index contributed by atoms with van der Waals surface area (Å²) in [6.07, 6.45) is 18.7. The molecule has 0 aliphatic heterocycles. The lowest BCUT2D eigenvalue weighted by Crippen LogP contribution is -2.24. The molecule has 34 heavy (non-hydrogen) atoms. The third kappa shape index (κ3) is 12.1. The molecule has 0 fully saturated rings. The maximum atomic E-state index is 10.8. The standard InChI is InChI=1S/C31H55O3/c1-8-10-12-15-24(3)16-13-20-31(7,33)21-14-17-25(4)18-19-28-23-29(32)26(5)27(6)30(28)34-22-11-9-2/h8,15,23,25-26,29,32-33H,9-14,16-22H2,1-7H3/q-1/b24-15+. The van der Waals surface area contributed by atoms with Gasteiger partial charge in [-0.2, -0.15) is 13.3 Å². The van der Waals surface area contributed by atoms with Crippen molar-refractivity contribution in [2.24, 2.45) is 11.8 Å². The summed E-state index contributed by atoms with van der Waals surface area (Å²) in [4.78, 5) is 0. The fraction of sp³-hybridized carbons (Fsp3) is 0.774. The van der Waals surface area contributed by atoms with E-state index in [1.54, 1.807) is 0 Å². The van der Waals surface area contributed by atoms with Crippen molar-refractivity contribution < 1.29 is 14.9 Å². The summed E-state index contributed by atoms with van der Waals surface area (Å²) < 4.78 is 6.17. The highest BCUT2D eigenvalue weighted by Crippen LogP contribution is 2.34. The SMILES string of the molecule is C[CH-]CC/C=C(\C)CCCC(C)(O)CCCC(C)CCC1=CC(O)C(C)C(C)=C1OCCCC. The van der Waals surface area contributed by atoms with Crippen molar-refractivity contribution in [1.29, 1.82) is 0 Å². The van der Waals surface area contributed by atoms with Gasteiger partial charge >= 0.3 is 0 Å². The van der Waals surface area contributed by atoms with Gasteiger partial charge in [-0.3, -0.25) is 0 Å². The Morgan fingerprint density at radius 1 is 1.24 bits per heavy atom. The van der Waals surface area contributed by atoms with Gasteiger partial charge in [-0.15, -0.1) is 0 Å². The van der Waals surface area contributed by atoms with E-state index in [2.05, 4.69) is 54.0 Å². The molecule has 3 heteroatoms. The minimum Gasteiger partial charge on any atom is -0.493 e. The lowest BCUT2D eigenvalue weighted by Gasteiger charge is -2.29. The molecule has 0 aromatic carbocycles. The Kier molecular flexibility index (Phi) is 15.1. The molecule has 3 nitrogen and oxygen atoms in total. The van der Waals surface area contributed by atoms with Gasteiger partial charge in [0, 0.05) is 5.92 Å². The van der Waals surface area contributed by atoms with E-state index in [1.165, 1.54) is 16.7 Å².